The molecule has 0 aromatic heterocycles. The maximum atomic E-state index is 9.39. The number of benzene rings is 1. The van der Waals surface area contributed by atoms with Crippen LogP contribution in [0.25, 0.3) is 0 Å². The fraction of sp³-hybridized carbons (Fsp3) is 0.455. The van der Waals surface area contributed by atoms with Gasteiger partial charge in [-0.05, 0) is 12.5 Å². The maximum Gasteiger partial charge on any atom is 0.122 e. The van der Waals surface area contributed by atoms with Crippen molar-refractivity contribution in [3.63, 3.8) is 0 Å². The Kier molecular flexibility index (Phi) is 4.24. The molecule has 4 nitrogen and oxygen atoms in total. The van der Waals surface area contributed by atoms with Gasteiger partial charge in [-0.2, -0.15) is 0 Å². The smallest absolute Gasteiger partial charge is 0.122 e. The van der Waals surface area contributed by atoms with E-state index < -0.39 is 0 Å². The first-order valence-corrected chi connectivity index (χ1v) is 5.02. The predicted molar refractivity (Wildman–Crippen MR) is 62.2 cm³/mol. The summed E-state index contributed by atoms with van der Waals surface area (Å²) in [5.74, 6) is 0.712. The Morgan fingerprint density at radius 2 is 2.20 bits per heavy atom. The van der Waals surface area contributed by atoms with Crippen molar-refractivity contribution >= 4 is 11.4 Å². The Bertz CT molecular complexity index is 315. The van der Waals surface area contributed by atoms with E-state index in [9.17, 15) is 5.11 Å². The number of rotatable bonds is 5. The molecule has 1 aromatic carbocycles. The highest BCUT2D eigenvalue weighted by Crippen LogP contribution is 2.22. The van der Waals surface area contributed by atoms with Gasteiger partial charge in [-0.25, -0.2) is 0 Å². The van der Waals surface area contributed by atoms with Gasteiger partial charge in [0.15, 0.2) is 0 Å². The first-order chi connectivity index (χ1) is 7.15. The minimum Gasteiger partial charge on any atom is -0.497 e. The van der Waals surface area contributed by atoms with Crippen molar-refractivity contribution in [2.24, 2.45) is 0 Å². The molecule has 15 heavy (non-hydrogen) atoms. The molecule has 0 heterocycles. The molecular weight excluding hydrogens is 192 g/mol. The van der Waals surface area contributed by atoms with Crippen LogP contribution in [0.4, 0.5) is 11.4 Å². The number of hydrogen-bond donors (Lipinski definition) is 3. The van der Waals surface area contributed by atoms with E-state index in [1.54, 1.807) is 13.2 Å². The first kappa shape index (κ1) is 11.7. The molecule has 1 rings (SSSR count). The normalized spacial score (nSPS) is 12.2. The summed E-state index contributed by atoms with van der Waals surface area (Å²) in [6.45, 7) is 2.45. The second-order valence-electron chi connectivity index (χ2n) is 3.44. The van der Waals surface area contributed by atoms with Crippen LogP contribution in [0.15, 0.2) is 18.2 Å². The summed E-state index contributed by atoms with van der Waals surface area (Å²) in [7, 11) is 1.60. The number of nitrogens with one attached hydrogen (secondary N) is 1. The largest absolute Gasteiger partial charge is 0.497 e. The van der Waals surface area contributed by atoms with Crippen LogP contribution in [0.2, 0.25) is 0 Å². The lowest BCUT2D eigenvalue weighted by Gasteiger charge is -2.12. The Hall–Kier alpha value is -1.42. The molecule has 4 N–H and O–H groups in total. The molecule has 0 aliphatic heterocycles. The molecule has 0 aliphatic rings. The number of anilines is 2. The van der Waals surface area contributed by atoms with Crippen LogP contribution in [0.3, 0.4) is 0 Å². The van der Waals surface area contributed by atoms with E-state index in [-0.39, 0.29) is 6.10 Å². The Balaban J connectivity index is 2.64. The maximum absolute atomic E-state index is 9.39. The third-order valence-corrected chi connectivity index (χ3v) is 2.18. The minimum absolute atomic E-state index is 0.336. The summed E-state index contributed by atoms with van der Waals surface area (Å²) < 4.78 is 5.09. The van der Waals surface area contributed by atoms with Crippen LogP contribution < -0.4 is 15.8 Å². The van der Waals surface area contributed by atoms with Crippen LogP contribution in [-0.2, 0) is 0 Å². The Morgan fingerprint density at radius 1 is 1.47 bits per heavy atom. The quantitative estimate of drug-likeness (QED) is 0.644. The zero-order valence-corrected chi connectivity index (χ0v) is 9.16. The average molecular weight is 210 g/mol. The molecule has 0 fully saturated rings. The molecule has 0 spiro atoms. The topological polar surface area (TPSA) is 67.5 Å². The summed E-state index contributed by atoms with van der Waals surface area (Å²) in [5, 5.41) is 12.5. The van der Waals surface area contributed by atoms with Crippen LogP contribution in [0.5, 0.6) is 5.75 Å². The standard InChI is InChI=1S/C11H18N2O2/c1-3-10(14)7-13-9-4-8(12)5-11(6-9)15-2/h4-6,10,13-14H,3,7,12H2,1-2H3. The number of ether oxygens (including phenoxy) is 1. The highest BCUT2D eigenvalue weighted by atomic mass is 16.5. The lowest BCUT2D eigenvalue weighted by Crippen LogP contribution is -2.18. The third-order valence-electron chi connectivity index (χ3n) is 2.18. The van der Waals surface area contributed by atoms with Gasteiger partial charge in [0.1, 0.15) is 5.75 Å². The first-order valence-electron chi connectivity index (χ1n) is 5.02. The van der Waals surface area contributed by atoms with Crippen LogP contribution >= 0.6 is 0 Å². The van der Waals surface area contributed by atoms with E-state index in [0.717, 1.165) is 12.1 Å². The number of nitrogen functional groups attached to an aromatic ring is 1. The predicted octanol–water partition coefficient (Wildman–Crippen LogP) is 1.46. The highest BCUT2D eigenvalue weighted by Gasteiger charge is 2.02. The van der Waals surface area contributed by atoms with E-state index in [1.165, 1.54) is 0 Å². The van der Waals surface area contributed by atoms with Crippen molar-refractivity contribution in [2.75, 3.05) is 24.7 Å². The van der Waals surface area contributed by atoms with Crippen LogP contribution in [-0.4, -0.2) is 24.9 Å². The number of aliphatic hydroxyl groups is 1. The molecule has 0 bridgehead atoms. The Labute approximate surface area is 90.1 Å². The monoisotopic (exact) mass is 210 g/mol. The highest BCUT2D eigenvalue weighted by molar-refractivity contribution is 5.59. The molecule has 1 unspecified atom stereocenters. The molecule has 0 radical (unpaired) electrons. The van der Waals surface area contributed by atoms with Gasteiger partial charge in [0, 0.05) is 30.1 Å². The van der Waals surface area contributed by atoms with Gasteiger partial charge in [0.05, 0.1) is 13.2 Å². The summed E-state index contributed by atoms with van der Waals surface area (Å²) in [6, 6.07) is 5.41. The van der Waals surface area contributed by atoms with Crippen molar-refractivity contribution in [2.45, 2.75) is 19.4 Å². The summed E-state index contributed by atoms with van der Waals surface area (Å²) in [5.41, 5.74) is 7.19. The van der Waals surface area contributed by atoms with Gasteiger partial charge in [0.2, 0.25) is 0 Å². The SMILES string of the molecule is CCC(O)CNc1cc(N)cc(OC)c1. The summed E-state index contributed by atoms with van der Waals surface area (Å²) in [6.07, 6.45) is 0.393. The van der Waals surface area contributed by atoms with Crippen molar-refractivity contribution in [1.29, 1.82) is 0 Å². The second kappa shape index (κ2) is 5.46. The van der Waals surface area contributed by atoms with E-state index in [4.69, 9.17) is 10.5 Å². The number of aliphatic hydroxyl groups excluding tert-OH is 1. The zero-order valence-electron chi connectivity index (χ0n) is 9.16. The number of hydrogen-bond acceptors (Lipinski definition) is 4. The molecule has 0 amide bonds. The third kappa shape index (κ3) is 3.67. The van der Waals surface area contributed by atoms with Gasteiger partial charge in [-0.3, -0.25) is 0 Å². The van der Waals surface area contributed by atoms with Crippen molar-refractivity contribution in [3.05, 3.63) is 18.2 Å². The summed E-state index contributed by atoms with van der Waals surface area (Å²) >= 11 is 0. The molecular formula is C11H18N2O2. The van der Waals surface area contributed by atoms with Crippen molar-refractivity contribution < 1.29 is 9.84 Å². The molecule has 0 aliphatic carbocycles. The van der Waals surface area contributed by atoms with Gasteiger partial charge in [-0.15, -0.1) is 0 Å². The fourth-order valence-corrected chi connectivity index (χ4v) is 1.22. The fourth-order valence-electron chi connectivity index (χ4n) is 1.22. The molecule has 1 aromatic rings. The molecule has 0 saturated heterocycles. The van der Waals surface area contributed by atoms with Crippen LogP contribution in [0, 0.1) is 0 Å². The van der Waals surface area contributed by atoms with Crippen LogP contribution in [0.1, 0.15) is 13.3 Å². The Morgan fingerprint density at radius 3 is 2.80 bits per heavy atom. The van der Waals surface area contributed by atoms with Gasteiger partial charge >= 0.3 is 0 Å². The van der Waals surface area contributed by atoms with Gasteiger partial charge in [-0.1, -0.05) is 6.92 Å². The number of methoxy groups -OCH3 is 1. The molecule has 4 heteroatoms. The van der Waals surface area contributed by atoms with Gasteiger partial charge in [0.25, 0.3) is 0 Å². The molecule has 0 saturated carbocycles. The average Bonchev–Trinajstić information content (AvgIpc) is 2.25. The summed E-state index contributed by atoms with van der Waals surface area (Å²) in [4.78, 5) is 0. The van der Waals surface area contributed by atoms with Crippen molar-refractivity contribution in [1.82, 2.24) is 0 Å². The van der Waals surface area contributed by atoms with E-state index in [1.807, 2.05) is 19.1 Å². The minimum atomic E-state index is -0.336. The lowest BCUT2D eigenvalue weighted by molar-refractivity contribution is 0.183. The lowest BCUT2D eigenvalue weighted by atomic mass is 10.2. The van der Waals surface area contributed by atoms with Gasteiger partial charge < -0.3 is 20.9 Å². The van der Waals surface area contributed by atoms with E-state index in [2.05, 4.69) is 5.32 Å². The molecule has 84 valence electrons. The molecule has 1 atom stereocenters. The van der Waals surface area contributed by atoms with E-state index >= 15 is 0 Å². The number of nitrogens with two attached hydrogens (primary N) is 1. The zero-order chi connectivity index (χ0) is 11.3. The van der Waals surface area contributed by atoms with E-state index in [0.29, 0.717) is 18.0 Å². The van der Waals surface area contributed by atoms with Crippen molar-refractivity contribution in [3.8, 4) is 5.75 Å². The second-order valence-corrected chi connectivity index (χ2v) is 3.44.